The number of nitro groups is 1. The predicted molar refractivity (Wildman–Crippen MR) is 105 cm³/mol. The molecule has 1 fully saturated rings. The van der Waals surface area contributed by atoms with Crippen LogP contribution >= 0.6 is 0 Å². The van der Waals surface area contributed by atoms with Gasteiger partial charge in [-0.05, 0) is 37.1 Å². The number of carbonyl (C=O) groups is 3. The van der Waals surface area contributed by atoms with E-state index in [1.165, 1.54) is 47.4 Å². The molecule has 0 bridgehead atoms. The first-order chi connectivity index (χ1) is 14.0. The molecule has 2 aromatic rings. The molecule has 1 heterocycles. The second-order valence-electron chi connectivity index (χ2n) is 7.29. The van der Waals surface area contributed by atoms with Gasteiger partial charge in [-0.15, -0.1) is 0 Å². The number of non-ortho nitro benzene ring substituents is 1. The van der Waals surface area contributed by atoms with E-state index in [1.807, 2.05) is 0 Å². The molecule has 0 atom stereocenters. The number of amides is 3. The molecule has 3 amide bonds. The van der Waals surface area contributed by atoms with Gasteiger partial charge in [-0.25, -0.2) is 0 Å². The van der Waals surface area contributed by atoms with Crippen molar-refractivity contribution >= 4 is 29.1 Å². The van der Waals surface area contributed by atoms with Crippen molar-refractivity contribution in [2.24, 2.45) is 0 Å². The van der Waals surface area contributed by atoms with Crippen LogP contribution in [0.2, 0.25) is 0 Å². The number of hydrogen-bond acceptors (Lipinski definition) is 5. The number of hydrogen-bond donors (Lipinski definition) is 1. The molecule has 1 saturated carbocycles. The molecule has 0 saturated heterocycles. The Hall–Kier alpha value is -3.55. The lowest BCUT2D eigenvalue weighted by Crippen LogP contribution is -2.40. The van der Waals surface area contributed by atoms with Crippen molar-refractivity contribution in [3.63, 3.8) is 0 Å². The van der Waals surface area contributed by atoms with Crippen LogP contribution in [0, 0.1) is 10.1 Å². The molecule has 8 nitrogen and oxygen atoms in total. The number of anilines is 1. The molecule has 8 heteroatoms. The zero-order valence-electron chi connectivity index (χ0n) is 15.6. The van der Waals surface area contributed by atoms with E-state index in [4.69, 9.17) is 0 Å². The number of nitrogens with one attached hydrogen (secondary N) is 1. The summed E-state index contributed by atoms with van der Waals surface area (Å²) in [6.45, 7) is 0. The lowest BCUT2D eigenvalue weighted by atomic mass is 9.94. The van der Waals surface area contributed by atoms with Crippen molar-refractivity contribution in [2.75, 3.05) is 5.32 Å². The van der Waals surface area contributed by atoms with E-state index >= 15 is 0 Å². The maximum Gasteiger partial charge on any atom is 0.271 e. The number of nitro benzene ring substituents is 1. The van der Waals surface area contributed by atoms with Crippen molar-refractivity contribution in [3.8, 4) is 0 Å². The number of nitrogens with zero attached hydrogens (tertiary/aromatic N) is 2. The maximum atomic E-state index is 12.9. The normalized spacial score (nSPS) is 16.6. The van der Waals surface area contributed by atoms with Crippen molar-refractivity contribution < 1.29 is 19.3 Å². The Morgan fingerprint density at radius 3 is 2.45 bits per heavy atom. The highest BCUT2D eigenvalue weighted by atomic mass is 16.6. The Morgan fingerprint density at radius 2 is 1.72 bits per heavy atom. The first-order valence-corrected chi connectivity index (χ1v) is 9.53. The van der Waals surface area contributed by atoms with Crippen LogP contribution in [0.25, 0.3) is 0 Å². The van der Waals surface area contributed by atoms with Crippen LogP contribution in [0.1, 0.15) is 63.2 Å². The van der Waals surface area contributed by atoms with E-state index in [2.05, 4.69) is 5.32 Å². The standard InChI is InChI=1S/C21H19N3O5/c25-19(22-14-5-4-8-16(12-14)24(28)29)13-9-10-17-18(11-13)21(27)23(20(17)26)15-6-2-1-3-7-15/h4-5,8-12,15H,1-3,6-7H2,(H,22,25). The van der Waals surface area contributed by atoms with Crippen molar-refractivity contribution in [3.05, 3.63) is 69.3 Å². The zero-order chi connectivity index (χ0) is 20.5. The van der Waals surface area contributed by atoms with Gasteiger partial charge in [-0.2, -0.15) is 0 Å². The molecule has 1 N–H and O–H groups in total. The molecular weight excluding hydrogens is 374 g/mol. The molecule has 1 aliphatic carbocycles. The average Bonchev–Trinajstić information content (AvgIpc) is 2.98. The summed E-state index contributed by atoms with van der Waals surface area (Å²) in [5.74, 6) is -1.17. The second-order valence-corrected chi connectivity index (χ2v) is 7.29. The third-order valence-electron chi connectivity index (χ3n) is 5.43. The van der Waals surface area contributed by atoms with Gasteiger partial charge < -0.3 is 5.32 Å². The van der Waals surface area contributed by atoms with E-state index in [-0.39, 0.29) is 40.4 Å². The second kappa shape index (κ2) is 7.46. The Kier molecular flexibility index (Phi) is 4.84. The van der Waals surface area contributed by atoms with Gasteiger partial charge in [0.25, 0.3) is 23.4 Å². The number of rotatable bonds is 4. The molecule has 1 aliphatic heterocycles. The highest BCUT2D eigenvalue weighted by Gasteiger charge is 2.40. The van der Waals surface area contributed by atoms with E-state index < -0.39 is 10.8 Å². The smallest absolute Gasteiger partial charge is 0.271 e. The third-order valence-corrected chi connectivity index (χ3v) is 5.43. The fourth-order valence-corrected chi connectivity index (χ4v) is 3.97. The Balaban J connectivity index is 1.56. The molecule has 0 aromatic heterocycles. The molecule has 2 aromatic carbocycles. The zero-order valence-corrected chi connectivity index (χ0v) is 15.6. The highest BCUT2D eigenvalue weighted by molar-refractivity contribution is 6.22. The lowest BCUT2D eigenvalue weighted by molar-refractivity contribution is -0.384. The molecular formula is C21H19N3O5. The Bertz CT molecular complexity index is 1030. The summed E-state index contributed by atoms with van der Waals surface area (Å²) in [6, 6.07) is 9.92. The van der Waals surface area contributed by atoms with Crippen LogP contribution in [0.4, 0.5) is 11.4 Å². The van der Waals surface area contributed by atoms with Crippen LogP contribution in [-0.4, -0.2) is 33.6 Å². The van der Waals surface area contributed by atoms with Crippen molar-refractivity contribution in [1.82, 2.24) is 4.90 Å². The highest BCUT2D eigenvalue weighted by Crippen LogP contribution is 2.31. The summed E-state index contributed by atoms with van der Waals surface area (Å²) in [5.41, 5.74) is 0.887. The topological polar surface area (TPSA) is 110 Å². The summed E-state index contributed by atoms with van der Waals surface area (Å²) in [6.07, 6.45) is 4.72. The van der Waals surface area contributed by atoms with Gasteiger partial charge in [0, 0.05) is 29.4 Å². The van der Waals surface area contributed by atoms with Gasteiger partial charge in [0.05, 0.1) is 16.1 Å². The summed E-state index contributed by atoms with van der Waals surface area (Å²) >= 11 is 0. The molecule has 0 spiro atoms. The molecule has 0 radical (unpaired) electrons. The number of imide groups is 1. The summed E-state index contributed by atoms with van der Waals surface area (Å²) in [7, 11) is 0. The van der Waals surface area contributed by atoms with Crippen LogP contribution in [0.15, 0.2) is 42.5 Å². The van der Waals surface area contributed by atoms with E-state index in [0.717, 1.165) is 32.1 Å². The molecule has 2 aliphatic rings. The molecule has 0 unspecified atom stereocenters. The number of fused-ring (bicyclic) bond motifs is 1. The first kappa shape index (κ1) is 18.8. The fourth-order valence-electron chi connectivity index (χ4n) is 3.97. The van der Waals surface area contributed by atoms with Crippen molar-refractivity contribution in [1.29, 1.82) is 0 Å². The van der Waals surface area contributed by atoms with Gasteiger partial charge in [-0.3, -0.25) is 29.4 Å². The maximum absolute atomic E-state index is 12.9. The van der Waals surface area contributed by atoms with Gasteiger partial charge >= 0.3 is 0 Å². The number of carbonyl (C=O) groups excluding carboxylic acids is 3. The predicted octanol–water partition coefficient (Wildman–Crippen LogP) is 3.78. The van der Waals surface area contributed by atoms with Gasteiger partial charge in [0.1, 0.15) is 0 Å². The third kappa shape index (κ3) is 3.49. The van der Waals surface area contributed by atoms with Crippen molar-refractivity contribution in [2.45, 2.75) is 38.1 Å². The summed E-state index contributed by atoms with van der Waals surface area (Å²) in [4.78, 5) is 49.8. The largest absolute Gasteiger partial charge is 0.322 e. The lowest BCUT2D eigenvalue weighted by Gasteiger charge is -2.29. The van der Waals surface area contributed by atoms with Gasteiger partial charge in [0.15, 0.2) is 0 Å². The average molecular weight is 393 g/mol. The van der Waals surface area contributed by atoms with E-state index in [9.17, 15) is 24.5 Å². The van der Waals surface area contributed by atoms with E-state index in [0.29, 0.717) is 5.56 Å². The van der Waals surface area contributed by atoms with Gasteiger partial charge in [0.2, 0.25) is 0 Å². The first-order valence-electron chi connectivity index (χ1n) is 9.53. The van der Waals surface area contributed by atoms with E-state index in [1.54, 1.807) is 0 Å². The monoisotopic (exact) mass is 393 g/mol. The minimum Gasteiger partial charge on any atom is -0.322 e. The van der Waals surface area contributed by atoms with Crippen LogP contribution < -0.4 is 5.32 Å². The summed E-state index contributed by atoms with van der Waals surface area (Å²) < 4.78 is 0. The molecule has 148 valence electrons. The van der Waals surface area contributed by atoms with Crippen LogP contribution in [-0.2, 0) is 0 Å². The molecule has 29 heavy (non-hydrogen) atoms. The molecule has 4 rings (SSSR count). The summed E-state index contributed by atoms with van der Waals surface area (Å²) in [5, 5.41) is 13.5. The SMILES string of the molecule is O=C(Nc1cccc([N+](=O)[O-])c1)c1ccc2c(c1)C(=O)N(C1CCCCC1)C2=O. The minimum absolute atomic E-state index is 0.0849. The van der Waals surface area contributed by atoms with Crippen LogP contribution in [0.3, 0.4) is 0 Å². The fraction of sp³-hybridized carbons (Fsp3) is 0.286. The van der Waals surface area contributed by atoms with Crippen LogP contribution in [0.5, 0.6) is 0 Å². The quantitative estimate of drug-likeness (QED) is 0.483. The minimum atomic E-state index is -0.546. The number of benzene rings is 2. The van der Waals surface area contributed by atoms with Gasteiger partial charge in [-0.1, -0.05) is 25.3 Å². The Labute approximate surface area is 166 Å². The Morgan fingerprint density at radius 1 is 1.00 bits per heavy atom.